The first-order chi connectivity index (χ1) is 8.72. The molecule has 1 aliphatic carbocycles. The van der Waals surface area contributed by atoms with Crippen molar-refractivity contribution in [2.75, 3.05) is 13.1 Å². The van der Waals surface area contributed by atoms with Crippen LogP contribution in [0.4, 0.5) is 4.39 Å². The van der Waals surface area contributed by atoms with Crippen LogP contribution in [0.25, 0.3) is 0 Å². The predicted molar refractivity (Wildman–Crippen MR) is 68.8 cm³/mol. The van der Waals surface area contributed by atoms with Crippen LogP contribution in [0.1, 0.15) is 36.9 Å². The molecule has 2 rings (SSSR count). The molecule has 0 radical (unpaired) electrons. The summed E-state index contributed by atoms with van der Waals surface area (Å²) in [6.07, 6.45) is 2.15. The lowest BCUT2D eigenvalue weighted by Gasteiger charge is -2.13. The van der Waals surface area contributed by atoms with Gasteiger partial charge in [-0.25, -0.2) is 4.39 Å². The van der Waals surface area contributed by atoms with Crippen molar-refractivity contribution < 1.29 is 9.18 Å². The van der Waals surface area contributed by atoms with Crippen LogP contribution < -0.4 is 10.6 Å². The van der Waals surface area contributed by atoms with Crippen molar-refractivity contribution in [3.05, 3.63) is 35.1 Å². The molecule has 18 heavy (non-hydrogen) atoms. The van der Waals surface area contributed by atoms with Gasteiger partial charge in [0.05, 0.1) is 0 Å². The SMILES string of the molecule is CCNC(=O)CCNC1CCc2c(F)cccc21. The highest BCUT2D eigenvalue weighted by atomic mass is 19.1. The first kappa shape index (κ1) is 13.0. The lowest BCUT2D eigenvalue weighted by molar-refractivity contribution is -0.120. The molecule has 1 aromatic rings. The van der Waals surface area contributed by atoms with E-state index in [9.17, 15) is 9.18 Å². The average molecular weight is 250 g/mol. The van der Waals surface area contributed by atoms with Crippen molar-refractivity contribution in [3.63, 3.8) is 0 Å². The Labute approximate surface area is 107 Å². The highest BCUT2D eigenvalue weighted by Crippen LogP contribution is 2.32. The van der Waals surface area contributed by atoms with Crippen molar-refractivity contribution >= 4 is 5.91 Å². The Morgan fingerprint density at radius 1 is 1.50 bits per heavy atom. The molecule has 0 saturated heterocycles. The normalized spacial score (nSPS) is 17.6. The van der Waals surface area contributed by atoms with Crippen LogP contribution in [0.3, 0.4) is 0 Å². The number of rotatable bonds is 5. The predicted octanol–water partition coefficient (Wildman–Crippen LogP) is 1.93. The molecule has 1 atom stereocenters. The minimum atomic E-state index is -0.111. The third-order valence-electron chi connectivity index (χ3n) is 3.33. The van der Waals surface area contributed by atoms with Crippen molar-refractivity contribution in [2.24, 2.45) is 0 Å². The maximum atomic E-state index is 13.5. The van der Waals surface area contributed by atoms with Gasteiger partial charge < -0.3 is 10.6 Å². The van der Waals surface area contributed by atoms with Gasteiger partial charge in [-0.3, -0.25) is 4.79 Å². The van der Waals surface area contributed by atoms with Crippen LogP contribution in [0.2, 0.25) is 0 Å². The summed E-state index contributed by atoms with van der Waals surface area (Å²) in [5.41, 5.74) is 1.87. The molecule has 1 aromatic carbocycles. The van der Waals surface area contributed by atoms with Gasteiger partial charge in [-0.15, -0.1) is 0 Å². The lowest BCUT2D eigenvalue weighted by atomic mass is 10.1. The number of hydrogen-bond donors (Lipinski definition) is 2. The average Bonchev–Trinajstić information content (AvgIpc) is 2.75. The zero-order chi connectivity index (χ0) is 13.0. The van der Waals surface area contributed by atoms with Gasteiger partial charge in [0.1, 0.15) is 5.82 Å². The summed E-state index contributed by atoms with van der Waals surface area (Å²) < 4.78 is 13.5. The van der Waals surface area contributed by atoms with Crippen LogP contribution in [-0.2, 0) is 11.2 Å². The van der Waals surface area contributed by atoms with E-state index in [0.717, 1.165) is 24.0 Å². The Morgan fingerprint density at radius 3 is 3.11 bits per heavy atom. The maximum absolute atomic E-state index is 13.5. The van der Waals surface area contributed by atoms with Crippen LogP contribution in [0, 0.1) is 5.82 Å². The van der Waals surface area contributed by atoms with E-state index in [1.807, 2.05) is 13.0 Å². The highest BCUT2D eigenvalue weighted by Gasteiger charge is 2.24. The summed E-state index contributed by atoms with van der Waals surface area (Å²) in [5.74, 6) is -0.0528. The highest BCUT2D eigenvalue weighted by molar-refractivity contribution is 5.75. The van der Waals surface area contributed by atoms with E-state index >= 15 is 0 Å². The summed E-state index contributed by atoms with van der Waals surface area (Å²) in [5, 5.41) is 6.09. The third-order valence-corrected chi connectivity index (χ3v) is 3.33. The fourth-order valence-corrected chi connectivity index (χ4v) is 2.47. The first-order valence-corrected chi connectivity index (χ1v) is 6.49. The zero-order valence-electron chi connectivity index (χ0n) is 10.6. The number of hydrogen-bond acceptors (Lipinski definition) is 2. The Balaban J connectivity index is 1.87. The standard InChI is InChI=1S/C14H19FN2O/c1-2-16-14(18)8-9-17-13-7-6-10-11(13)4-3-5-12(10)15/h3-5,13,17H,2,6-9H2,1H3,(H,16,18). The number of fused-ring (bicyclic) bond motifs is 1. The molecule has 0 heterocycles. The number of carbonyl (C=O) groups excluding carboxylic acids is 1. The molecule has 0 fully saturated rings. The van der Waals surface area contributed by atoms with Crippen LogP contribution >= 0.6 is 0 Å². The molecule has 1 unspecified atom stereocenters. The smallest absolute Gasteiger partial charge is 0.221 e. The minimum absolute atomic E-state index is 0.0578. The van der Waals surface area contributed by atoms with E-state index in [2.05, 4.69) is 10.6 Å². The van der Waals surface area contributed by atoms with E-state index in [0.29, 0.717) is 19.5 Å². The molecule has 0 spiro atoms. The zero-order valence-corrected chi connectivity index (χ0v) is 10.6. The Morgan fingerprint density at radius 2 is 2.33 bits per heavy atom. The summed E-state index contributed by atoms with van der Waals surface area (Å²) in [4.78, 5) is 11.3. The van der Waals surface area contributed by atoms with Crippen molar-refractivity contribution in [1.82, 2.24) is 10.6 Å². The van der Waals surface area contributed by atoms with E-state index < -0.39 is 0 Å². The summed E-state index contributed by atoms with van der Waals surface area (Å²) in [6, 6.07) is 5.41. The molecule has 1 aliphatic rings. The quantitative estimate of drug-likeness (QED) is 0.838. The van der Waals surface area contributed by atoms with E-state index in [1.165, 1.54) is 6.07 Å². The Kier molecular flexibility index (Phi) is 4.31. The summed E-state index contributed by atoms with van der Waals surface area (Å²) >= 11 is 0. The van der Waals surface area contributed by atoms with E-state index in [-0.39, 0.29) is 17.8 Å². The van der Waals surface area contributed by atoms with Crippen molar-refractivity contribution in [1.29, 1.82) is 0 Å². The van der Waals surface area contributed by atoms with Gasteiger partial charge in [-0.2, -0.15) is 0 Å². The number of nitrogens with one attached hydrogen (secondary N) is 2. The molecule has 0 bridgehead atoms. The van der Waals surface area contributed by atoms with Gasteiger partial charge in [0.2, 0.25) is 5.91 Å². The lowest BCUT2D eigenvalue weighted by Crippen LogP contribution is -2.28. The van der Waals surface area contributed by atoms with Gasteiger partial charge in [0.25, 0.3) is 0 Å². The molecule has 0 aromatic heterocycles. The van der Waals surface area contributed by atoms with Gasteiger partial charge in [0, 0.05) is 25.6 Å². The second-order valence-corrected chi connectivity index (χ2v) is 4.56. The van der Waals surface area contributed by atoms with Gasteiger partial charge in [0.15, 0.2) is 0 Å². The second-order valence-electron chi connectivity index (χ2n) is 4.56. The van der Waals surface area contributed by atoms with Crippen molar-refractivity contribution in [2.45, 2.75) is 32.2 Å². The van der Waals surface area contributed by atoms with Gasteiger partial charge in [-0.1, -0.05) is 12.1 Å². The molecule has 4 heteroatoms. The monoisotopic (exact) mass is 250 g/mol. The van der Waals surface area contributed by atoms with E-state index in [1.54, 1.807) is 6.07 Å². The molecule has 2 N–H and O–H groups in total. The van der Waals surface area contributed by atoms with Crippen LogP contribution in [0.15, 0.2) is 18.2 Å². The van der Waals surface area contributed by atoms with Crippen LogP contribution in [-0.4, -0.2) is 19.0 Å². The van der Waals surface area contributed by atoms with E-state index in [4.69, 9.17) is 0 Å². The number of benzene rings is 1. The molecular formula is C14H19FN2O. The number of halogens is 1. The van der Waals surface area contributed by atoms with Crippen molar-refractivity contribution in [3.8, 4) is 0 Å². The maximum Gasteiger partial charge on any atom is 0.221 e. The molecular weight excluding hydrogens is 231 g/mol. The first-order valence-electron chi connectivity index (χ1n) is 6.49. The molecule has 0 saturated carbocycles. The minimum Gasteiger partial charge on any atom is -0.356 e. The third kappa shape index (κ3) is 2.88. The molecule has 3 nitrogen and oxygen atoms in total. The topological polar surface area (TPSA) is 41.1 Å². The molecule has 98 valence electrons. The number of carbonyl (C=O) groups is 1. The Bertz CT molecular complexity index is 434. The largest absolute Gasteiger partial charge is 0.356 e. The second kappa shape index (κ2) is 5.96. The summed E-state index contributed by atoms with van der Waals surface area (Å²) in [7, 11) is 0. The summed E-state index contributed by atoms with van der Waals surface area (Å²) in [6.45, 7) is 3.20. The fraction of sp³-hybridized carbons (Fsp3) is 0.500. The number of amides is 1. The fourth-order valence-electron chi connectivity index (χ4n) is 2.47. The van der Waals surface area contributed by atoms with Gasteiger partial charge in [-0.05, 0) is 37.0 Å². The van der Waals surface area contributed by atoms with Crippen LogP contribution in [0.5, 0.6) is 0 Å². The molecule has 0 aliphatic heterocycles. The van der Waals surface area contributed by atoms with Gasteiger partial charge >= 0.3 is 0 Å². The molecule has 1 amide bonds. The Hall–Kier alpha value is -1.42.